The minimum Gasteiger partial charge on any atom is -0.482 e. The minimum atomic E-state index is -0.796. The SMILES string of the molecule is Cn1ccnc1[C@H](NC(=O)CN1C(=O)COc2ccccc21)c1ccccc1F. The first-order valence-corrected chi connectivity index (χ1v) is 9.08. The van der Waals surface area contributed by atoms with Gasteiger partial charge in [-0.3, -0.25) is 14.5 Å². The lowest BCUT2D eigenvalue weighted by Crippen LogP contribution is -2.46. The summed E-state index contributed by atoms with van der Waals surface area (Å²) in [4.78, 5) is 30.8. The van der Waals surface area contributed by atoms with Crippen molar-refractivity contribution in [1.82, 2.24) is 14.9 Å². The third-order valence-electron chi connectivity index (χ3n) is 4.75. The number of nitrogens with zero attached hydrogens (tertiary/aromatic N) is 3. The molecule has 2 heterocycles. The number of para-hydroxylation sites is 2. The minimum absolute atomic E-state index is 0.138. The van der Waals surface area contributed by atoms with Crippen LogP contribution in [-0.2, 0) is 16.6 Å². The number of aromatic nitrogens is 2. The number of aryl methyl sites for hydroxylation is 1. The van der Waals surface area contributed by atoms with E-state index in [9.17, 15) is 14.0 Å². The second-order valence-corrected chi connectivity index (χ2v) is 6.65. The molecule has 2 amide bonds. The van der Waals surface area contributed by atoms with E-state index in [0.29, 0.717) is 22.8 Å². The van der Waals surface area contributed by atoms with E-state index in [0.717, 1.165) is 0 Å². The maximum atomic E-state index is 14.5. The zero-order chi connectivity index (χ0) is 20.4. The third kappa shape index (κ3) is 3.69. The summed E-state index contributed by atoms with van der Waals surface area (Å²) < 4.78 is 21.6. The highest BCUT2D eigenvalue weighted by Gasteiger charge is 2.29. The van der Waals surface area contributed by atoms with E-state index in [1.807, 2.05) is 0 Å². The summed E-state index contributed by atoms with van der Waals surface area (Å²) in [5, 5.41) is 2.82. The molecule has 0 fully saturated rings. The lowest BCUT2D eigenvalue weighted by Gasteiger charge is -2.29. The molecule has 1 N–H and O–H groups in total. The quantitative estimate of drug-likeness (QED) is 0.720. The second-order valence-electron chi connectivity index (χ2n) is 6.65. The average Bonchev–Trinajstić information content (AvgIpc) is 3.15. The first-order chi connectivity index (χ1) is 14.0. The number of carbonyl (C=O) groups is 2. The molecule has 0 aliphatic carbocycles. The number of halogens is 1. The van der Waals surface area contributed by atoms with Gasteiger partial charge >= 0.3 is 0 Å². The molecule has 0 saturated carbocycles. The molecule has 1 aliphatic heterocycles. The van der Waals surface area contributed by atoms with Crippen molar-refractivity contribution in [2.75, 3.05) is 18.1 Å². The van der Waals surface area contributed by atoms with Gasteiger partial charge in [-0.25, -0.2) is 9.37 Å². The van der Waals surface area contributed by atoms with Crippen molar-refractivity contribution in [3.05, 3.63) is 78.1 Å². The van der Waals surface area contributed by atoms with Crippen LogP contribution in [0.15, 0.2) is 60.9 Å². The van der Waals surface area contributed by atoms with E-state index in [-0.39, 0.29) is 19.1 Å². The number of imidazole rings is 1. The number of anilines is 1. The number of ether oxygens (including phenoxy) is 1. The Bertz CT molecular complexity index is 1070. The maximum absolute atomic E-state index is 14.5. The third-order valence-corrected chi connectivity index (χ3v) is 4.75. The lowest BCUT2D eigenvalue weighted by atomic mass is 10.1. The highest BCUT2D eigenvalue weighted by molar-refractivity contribution is 6.02. The van der Waals surface area contributed by atoms with Crippen LogP contribution in [0.2, 0.25) is 0 Å². The molecular formula is C21H19FN4O3. The smallest absolute Gasteiger partial charge is 0.265 e. The van der Waals surface area contributed by atoms with Gasteiger partial charge in [0, 0.05) is 25.0 Å². The normalized spacial score (nSPS) is 14.1. The van der Waals surface area contributed by atoms with Gasteiger partial charge in [0.15, 0.2) is 6.61 Å². The van der Waals surface area contributed by atoms with Crippen molar-refractivity contribution in [3.63, 3.8) is 0 Å². The molecule has 4 rings (SSSR count). The molecule has 0 unspecified atom stereocenters. The molecule has 29 heavy (non-hydrogen) atoms. The van der Waals surface area contributed by atoms with E-state index >= 15 is 0 Å². The zero-order valence-electron chi connectivity index (χ0n) is 15.7. The topological polar surface area (TPSA) is 76.5 Å². The van der Waals surface area contributed by atoms with E-state index in [2.05, 4.69) is 10.3 Å². The fourth-order valence-corrected chi connectivity index (χ4v) is 3.32. The van der Waals surface area contributed by atoms with E-state index in [1.54, 1.807) is 66.5 Å². The van der Waals surface area contributed by atoms with Gasteiger partial charge in [-0.1, -0.05) is 30.3 Å². The summed E-state index contributed by atoms with van der Waals surface area (Å²) >= 11 is 0. The molecule has 0 saturated heterocycles. The summed E-state index contributed by atoms with van der Waals surface area (Å²) in [5.41, 5.74) is 0.821. The van der Waals surface area contributed by atoms with Gasteiger partial charge in [-0.15, -0.1) is 0 Å². The van der Waals surface area contributed by atoms with Crippen LogP contribution < -0.4 is 15.0 Å². The number of benzene rings is 2. The zero-order valence-corrected chi connectivity index (χ0v) is 15.7. The number of hydrogen-bond acceptors (Lipinski definition) is 4. The Hall–Kier alpha value is -3.68. The highest BCUT2D eigenvalue weighted by atomic mass is 19.1. The molecule has 1 aliphatic rings. The predicted molar refractivity (Wildman–Crippen MR) is 104 cm³/mol. The molecule has 2 aromatic carbocycles. The molecule has 8 heteroatoms. The Balaban J connectivity index is 1.60. The van der Waals surface area contributed by atoms with Gasteiger partial charge in [0.25, 0.3) is 5.91 Å². The van der Waals surface area contributed by atoms with Crippen LogP contribution in [-0.4, -0.2) is 34.5 Å². The van der Waals surface area contributed by atoms with Crippen molar-refractivity contribution in [3.8, 4) is 5.75 Å². The molecule has 148 valence electrons. The number of carbonyl (C=O) groups excluding carboxylic acids is 2. The lowest BCUT2D eigenvalue weighted by molar-refractivity contribution is -0.125. The second kappa shape index (κ2) is 7.75. The molecule has 7 nitrogen and oxygen atoms in total. The highest BCUT2D eigenvalue weighted by Crippen LogP contribution is 2.31. The van der Waals surface area contributed by atoms with E-state index < -0.39 is 17.8 Å². The molecular weight excluding hydrogens is 375 g/mol. The monoisotopic (exact) mass is 394 g/mol. The number of amides is 2. The Kier molecular flexibility index (Phi) is 4.99. The van der Waals surface area contributed by atoms with Crippen LogP contribution in [0.4, 0.5) is 10.1 Å². The van der Waals surface area contributed by atoms with Gasteiger partial charge < -0.3 is 14.6 Å². The fraction of sp³-hybridized carbons (Fsp3) is 0.190. The largest absolute Gasteiger partial charge is 0.482 e. The van der Waals surface area contributed by atoms with Crippen molar-refractivity contribution < 1.29 is 18.7 Å². The van der Waals surface area contributed by atoms with Gasteiger partial charge in [0.05, 0.1) is 5.69 Å². The van der Waals surface area contributed by atoms with Crippen molar-refractivity contribution >= 4 is 17.5 Å². The van der Waals surface area contributed by atoms with Gasteiger partial charge in [0.2, 0.25) is 5.91 Å². The van der Waals surface area contributed by atoms with Crippen LogP contribution in [0.25, 0.3) is 0 Å². The summed E-state index contributed by atoms with van der Waals surface area (Å²) in [7, 11) is 1.77. The molecule has 1 atom stereocenters. The van der Waals surface area contributed by atoms with Crippen LogP contribution in [0.3, 0.4) is 0 Å². The summed E-state index contributed by atoms with van der Waals surface area (Å²) in [6.07, 6.45) is 3.30. The van der Waals surface area contributed by atoms with Crippen molar-refractivity contribution in [1.29, 1.82) is 0 Å². The Morgan fingerprint density at radius 1 is 1.24 bits per heavy atom. The number of fused-ring (bicyclic) bond motifs is 1. The summed E-state index contributed by atoms with van der Waals surface area (Å²) in [6, 6.07) is 12.4. The van der Waals surface area contributed by atoms with E-state index in [1.165, 1.54) is 11.0 Å². The molecule has 0 spiro atoms. The molecule has 0 radical (unpaired) electrons. The summed E-state index contributed by atoms with van der Waals surface area (Å²) in [6.45, 7) is -0.352. The Morgan fingerprint density at radius 2 is 2.00 bits per heavy atom. The average molecular weight is 394 g/mol. The summed E-state index contributed by atoms with van der Waals surface area (Å²) in [5.74, 6) is -0.190. The standard InChI is InChI=1S/C21H19FN4O3/c1-25-11-10-23-21(25)20(14-6-2-3-7-15(14)22)24-18(27)12-26-16-8-4-5-9-17(16)29-13-19(26)28/h2-11,20H,12-13H2,1H3,(H,24,27)/t20-/m1/s1. The number of nitrogens with one attached hydrogen (secondary N) is 1. The first kappa shape index (κ1) is 18.7. The van der Waals surface area contributed by atoms with Crippen LogP contribution in [0.5, 0.6) is 5.75 Å². The van der Waals surface area contributed by atoms with Crippen LogP contribution in [0, 0.1) is 5.82 Å². The molecule has 1 aromatic heterocycles. The predicted octanol–water partition coefficient (Wildman–Crippen LogP) is 2.19. The first-order valence-electron chi connectivity index (χ1n) is 9.08. The van der Waals surface area contributed by atoms with Gasteiger partial charge in [-0.2, -0.15) is 0 Å². The molecule has 0 bridgehead atoms. The number of hydrogen-bond donors (Lipinski definition) is 1. The van der Waals surface area contributed by atoms with E-state index in [4.69, 9.17) is 4.74 Å². The molecule has 3 aromatic rings. The van der Waals surface area contributed by atoms with Crippen LogP contribution >= 0.6 is 0 Å². The van der Waals surface area contributed by atoms with Crippen molar-refractivity contribution in [2.45, 2.75) is 6.04 Å². The maximum Gasteiger partial charge on any atom is 0.265 e. The van der Waals surface area contributed by atoms with Gasteiger partial charge in [-0.05, 0) is 18.2 Å². The Morgan fingerprint density at radius 3 is 2.76 bits per heavy atom. The van der Waals surface area contributed by atoms with Crippen molar-refractivity contribution in [2.24, 2.45) is 7.05 Å². The van der Waals surface area contributed by atoms with Gasteiger partial charge in [0.1, 0.15) is 30.0 Å². The number of rotatable bonds is 5. The Labute approximate surface area is 166 Å². The van der Waals surface area contributed by atoms with Crippen LogP contribution in [0.1, 0.15) is 17.4 Å². The fourth-order valence-electron chi connectivity index (χ4n) is 3.32.